The highest BCUT2D eigenvalue weighted by atomic mass is 15.1. The Bertz CT molecular complexity index is 151. The van der Waals surface area contributed by atoms with Gasteiger partial charge in [0.2, 0.25) is 0 Å². The van der Waals surface area contributed by atoms with Gasteiger partial charge < -0.3 is 5.41 Å². The Morgan fingerprint density at radius 1 is 1.80 bits per heavy atom. The van der Waals surface area contributed by atoms with E-state index in [4.69, 9.17) is 5.41 Å². The molecule has 0 amide bonds. The number of hydrogen-bond acceptors (Lipinski definition) is 3. The summed E-state index contributed by atoms with van der Waals surface area (Å²) in [6, 6.07) is 0. The SMILES string of the molecule is CN1CCN=C(CC=N)C1. The molecule has 0 aromatic rings. The van der Waals surface area contributed by atoms with Gasteiger partial charge in [0, 0.05) is 31.4 Å². The Labute approximate surface area is 61.3 Å². The predicted molar refractivity (Wildman–Crippen MR) is 43.2 cm³/mol. The third kappa shape index (κ3) is 1.92. The van der Waals surface area contributed by atoms with Crippen molar-refractivity contribution in [1.29, 1.82) is 5.41 Å². The molecule has 0 fully saturated rings. The third-order valence-electron chi connectivity index (χ3n) is 1.61. The molecule has 1 heterocycles. The average molecular weight is 139 g/mol. The maximum atomic E-state index is 6.88. The number of aliphatic imine (C=N–C) groups is 1. The van der Waals surface area contributed by atoms with Gasteiger partial charge in [-0.1, -0.05) is 0 Å². The van der Waals surface area contributed by atoms with Crippen molar-refractivity contribution in [1.82, 2.24) is 4.90 Å². The van der Waals surface area contributed by atoms with Crippen molar-refractivity contribution in [2.75, 3.05) is 26.7 Å². The molecule has 0 atom stereocenters. The summed E-state index contributed by atoms with van der Waals surface area (Å²) in [5.41, 5.74) is 1.14. The molecule has 0 saturated heterocycles. The maximum Gasteiger partial charge on any atom is 0.0516 e. The molecule has 1 N–H and O–H groups in total. The molecule has 0 saturated carbocycles. The molecule has 0 aliphatic carbocycles. The minimum Gasteiger partial charge on any atom is -0.313 e. The molecule has 0 bridgehead atoms. The molecule has 0 spiro atoms. The smallest absolute Gasteiger partial charge is 0.0516 e. The fourth-order valence-corrected chi connectivity index (χ4v) is 1.07. The van der Waals surface area contributed by atoms with Crippen LogP contribution in [0.1, 0.15) is 6.42 Å². The van der Waals surface area contributed by atoms with Crippen molar-refractivity contribution in [3.63, 3.8) is 0 Å². The summed E-state index contributed by atoms with van der Waals surface area (Å²) in [5, 5.41) is 6.88. The predicted octanol–water partition coefficient (Wildman–Crippen LogP) is 0.412. The van der Waals surface area contributed by atoms with E-state index in [-0.39, 0.29) is 0 Å². The van der Waals surface area contributed by atoms with Crippen LogP contribution in [0.3, 0.4) is 0 Å². The molecule has 1 aliphatic heterocycles. The van der Waals surface area contributed by atoms with E-state index in [2.05, 4.69) is 16.9 Å². The molecule has 1 aliphatic rings. The fourth-order valence-electron chi connectivity index (χ4n) is 1.07. The highest BCUT2D eigenvalue weighted by molar-refractivity contribution is 5.96. The number of rotatable bonds is 2. The highest BCUT2D eigenvalue weighted by Crippen LogP contribution is 1.96. The number of nitrogens with one attached hydrogen (secondary N) is 1. The van der Waals surface area contributed by atoms with E-state index < -0.39 is 0 Å². The molecule has 0 unspecified atom stereocenters. The van der Waals surface area contributed by atoms with E-state index in [1.54, 1.807) is 0 Å². The highest BCUT2D eigenvalue weighted by Gasteiger charge is 2.07. The van der Waals surface area contributed by atoms with Crippen molar-refractivity contribution in [2.24, 2.45) is 4.99 Å². The Morgan fingerprint density at radius 2 is 2.60 bits per heavy atom. The van der Waals surface area contributed by atoms with Crippen molar-refractivity contribution < 1.29 is 0 Å². The van der Waals surface area contributed by atoms with E-state index in [1.807, 2.05) is 0 Å². The van der Waals surface area contributed by atoms with Crippen LogP contribution in [0.5, 0.6) is 0 Å². The minimum absolute atomic E-state index is 0.727. The number of hydrogen-bond donors (Lipinski definition) is 1. The second kappa shape index (κ2) is 3.46. The summed E-state index contributed by atoms with van der Waals surface area (Å²) in [6.45, 7) is 2.90. The van der Waals surface area contributed by atoms with Crippen molar-refractivity contribution >= 4 is 11.9 Å². The molecular formula is C7H13N3. The first-order chi connectivity index (χ1) is 4.83. The van der Waals surface area contributed by atoms with Gasteiger partial charge in [-0.25, -0.2) is 0 Å². The van der Waals surface area contributed by atoms with Crippen LogP contribution >= 0.6 is 0 Å². The van der Waals surface area contributed by atoms with Crippen LogP contribution in [-0.4, -0.2) is 43.5 Å². The van der Waals surface area contributed by atoms with Crippen LogP contribution in [0.4, 0.5) is 0 Å². The second-order valence-corrected chi connectivity index (χ2v) is 2.59. The molecule has 1 rings (SSSR count). The first-order valence-corrected chi connectivity index (χ1v) is 3.52. The quantitative estimate of drug-likeness (QED) is 0.553. The zero-order valence-electron chi connectivity index (χ0n) is 6.30. The molecule has 10 heavy (non-hydrogen) atoms. The Kier molecular flexibility index (Phi) is 2.57. The standard InChI is InChI=1S/C7H13N3/c1-10-5-4-9-7(6-10)2-3-8/h3,8H,2,4-6H2,1H3. The molecule has 3 heteroatoms. The Balaban J connectivity index is 2.43. The van der Waals surface area contributed by atoms with Gasteiger partial charge in [-0.05, 0) is 7.05 Å². The first kappa shape index (κ1) is 7.41. The lowest BCUT2D eigenvalue weighted by atomic mass is 10.2. The molecular weight excluding hydrogens is 126 g/mol. The van der Waals surface area contributed by atoms with E-state index in [0.717, 1.165) is 31.8 Å². The monoisotopic (exact) mass is 139 g/mol. The maximum absolute atomic E-state index is 6.88. The van der Waals surface area contributed by atoms with Crippen LogP contribution in [0, 0.1) is 5.41 Å². The summed E-state index contributed by atoms with van der Waals surface area (Å²) >= 11 is 0. The van der Waals surface area contributed by atoms with Crippen LogP contribution < -0.4 is 0 Å². The van der Waals surface area contributed by atoms with Crippen LogP contribution in [0.15, 0.2) is 4.99 Å². The van der Waals surface area contributed by atoms with Crippen LogP contribution in [0.2, 0.25) is 0 Å². The summed E-state index contributed by atoms with van der Waals surface area (Å²) in [4.78, 5) is 6.52. The van der Waals surface area contributed by atoms with Crippen LogP contribution in [0.25, 0.3) is 0 Å². The van der Waals surface area contributed by atoms with E-state index in [0.29, 0.717) is 0 Å². The summed E-state index contributed by atoms with van der Waals surface area (Å²) in [5.74, 6) is 0. The molecule has 56 valence electrons. The Hall–Kier alpha value is -0.700. The Morgan fingerprint density at radius 3 is 3.20 bits per heavy atom. The van der Waals surface area contributed by atoms with E-state index >= 15 is 0 Å². The fraction of sp³-hybridized carbons (Fsp3) is 0.714. The van der Waals surface area contributed by atoms with Crippen LogP contribution in [-0.2, 0) is 0 Å². The first-order valence-electron chi connectivity index (χ1n) is 3.52. The summed E-state index contributed by atoms with van der Waals surface area (Å²) in [6.07, 6.45) is 2.14. The van der Waals surface area contributed by atoms with Gasteiger partial charge in [0.15, 0.2) is 0 Å². The van der Waals surface area contributed by atoms with Gasteiger partial charge in [-0.3, -0.25) is 9.89 Å². The molecule has 3 nitrogen and oxygen atoms in total. The summed E-state index contributed by atoms with van der Waals surface area (Å²) in [7, 11) is 2.08. The van der Waals surface area contributed by atoms with Gasteiger partial charge in [-0.15, -0.1) is 0 Å². The second-order valence-electron chi connectivity index (χ2n) is 2.59. The van der Waals surface area contributed by atoms with E-state index in [1.165, 1.54) is 6.21 Å². The van der Waals surface area contributed by atoms with Gasteiger partial charge in [0.25, 0.3) is 0 Å². The average Bonchev–Trinajstić information content (AvgIpc) is 1.88. The topological polar surface area (TPSA) is 39.5 Å². The number of nitrogens with zero attached hydrogens (tertiary/aromatic N) is 2. The van der Waals surface area contributed by atoms with Crippen molar-refractivity contribution in [2.45, 2.75) is 6.42 Å². The zero-order valence-corrected chi connectivity index (χ0v) is 6.30. The molecule has 0 aromatic carbocycles. The summed E-state index contributed by atoms with van der Waals surface area (Å²) < 4.78 is 0. The number of likely N-dealkylation sites (N-methyl/N-ethyl adjacent to an activating group) is 1. The molecule has 0 aromatic heterocycles. The lowest BCUT2D eigenvalue weighted by Crippen LogP contribution is -2.33. The van der Waals surface area contributed by atoms with Gasteiger partial charge in [-0.2, -0.15) is 0 Å². The largest absolute Gasteiger partial charge is 0.313 e. The van der Waals surface area contributed by atoms with Gasteiger partial charge in [0.05, 0.1) is 6.54 Å². The van der Waals surface area contributed by atoms with E-state index in [9.17, 15) is 0 Å². The minimum atomic E-state index is 0.727. The molecule has 0 radical (unpaired) electrons. The van der Waals surface area contributed by atoms with Crippen molar-refractivity contribution in [3.8, 4) is 0 Å². The normalized spacial score (nSPS) is 20.3. The third-order valence-corrected chi connectivity index (χ3v) is 1.61. The van der Waals surface area contributed by atoms with Gasteiger partial charge >= 0.3 is 0 Å². The van der Waals surface area contributed by atoms with Gasteiger partial charge in [0.1, 0.15) is 0 Å². The van der Waals surface area contributed by atoms with Crippen molar-refractivity contribution in [3.05, 3.63) is 0 Å². The lowest BCUT2D eigenvalue weighted by Gasteiger charge is -2.20. The zero-order chi connectivity index (χ0) is 7.40. The lowest BCUT2D eigenvalue weighted by molar-refractivity contribution is 0.377.